The Morgan fingerprint density at radius 3 is 2.94 bits per heavy atom. The molecule has 3 heterocycles. The third-order valence-electron chi connectivity index (χ3n) is 3.16. The van der Waals surface area contributed by atoms with Crippen molar-refractivity contribution < 1.29 is 0 Å². The monoisotopic (exact) mass is 286 g/mol. The highest BCUT2D eigenvalue weighted by Gasteiger charge is 2.19. The van der Waals surface area contributed by atoms with Crippen LogP contribution in [0.5, 0.6) is 0 Å². The van der Waals surface area contributed by atoms with Gasteiger partial charge in [0.1, 0.15) is 5.65 Å². The standard InChI is InChI=1S/C12H15ClN4.ClH/c13-9-1-2-12-15-11(8-17(12)5-9)7-16-4-3-10(14)6-16;/h1-2,5,8,10H,3-4,6-7,14H2;1H/t10-;/m1./s1. The fourth-order valence-corrected chi connectivity index (χ4v) is 2.50. The van der Waals surface area contributed by atoms with Gasteiger partial charge in [-0.2, -0.15) is 0 Å². The predicted molar refractivity (Wildman–Crippen MR) is 75.3 cm³/mol. The number of hydrogen-bond acceptors (Lipinski definition) is 3. The van der Waals surface area contributed by atoms with Crippen molar-refractivity contribution in [2.75, 3.05) is 13.1 Å². The van der Waals surface area contributed by atoms with Crippen LogP contribution in [0.4, 0.5) is 0 Å². The Morgan fingerprint density at radius 2 is 2.22 bits per heavy atom. The zero-order chi connectivity index (χ0) is 11.8. The molecule has 1 atom stereocenters. The van der Waals surface area contributed by atoms with Gasteiger partial charge in [-0.3, -0.25) is 4.90 Å². The van der Waals surface area contributed by atoms with E-state index in [1.165, 1.54) is 0 Å². The van der Waals surface area contributed by atoms with Crippen LogP contribution in [-0.2, 0) is 6.54 Å². The highest BCUT2D eigenvalue weighted by atomic mass is 35.5. The molecule has 2 N–H and O–H groups in total. The summed E-state index contributed by atoms with van der Waals surface area (Å²) < 4.78 is 1.97. The second-order valence-corrected chi connectivity index (χ2v) is 5.07. The number of halogens is 2. The van der Waals surface area contributed by atoms with Crippen LogP contribution in [0.2, 0.25) is 5.02 Å². The molecule has 0 saturated carbocycles. The average molecular weight is 287 g/mol. The van der Waals surface area contributed by atoms with E-state index in [1.54, 1.807) is 0 Å². The highest BCUT2D eigenvalue weighted by molar-refractivity contribution is 6.30. The molecule has 18 heavy (non-hydrogen) atoms. The normalized spacial score (nSPS) is 20.2. The highest BCUT2D eigenvalue weighted by Crippen LogP contribution is 2.15. The molecule has 0 aliphatic carbocycles. The Labute approximate surface area is 117 Å². The van der Waals surface area contributed by atoms with E-state index in [4.69, 9.17) is 17.3 Å². The minimum Gasteiger partial charge on any atom is -0.326 e. The molecule has 3 rings (SSSR count). The van der Waals surface area contributed by atoms with Crippen LogP contribution >= 0.6 is 24.0 Å². The summed E-state index contributed by atoms with van der Waals surface area (Å²) in [5.41, 5.74) is 7.90. The van der Waals surface area contributed by atoms with Crippen molar-refractivity contribution in [1.82, 2.24) is 14.3 Å². The number of nitrogens with two attached hydrogens (primary N) is 1. The van der Waals surface area contributed by atoms with Crippen LogP contribution in [-0.4, -0.2) is 33.4 Å². The Balaban J connectivity index is 0.00000120. The van der Waals surface area contributed by atoms with Gasteiger partial charge < -0.3 is 10.1 Å². The van der Waals surface area contributed by atoms with Crippen molar-refractivity contribution in [1.29, 1.82) is 0 Å². The largest absolute Gasteiger partial charge is 0.326 e. The molecular weight excluding hydrogens is 271 g/mol. The Bertz CT molecular complexity index is 540. The molecule has 1 aliphatic rings. The minimum absolute atomic E-state index is 0. The molecule has 0 radical (unpaired) electrons. The fourth-order valence-electron chi connectivity index (χ4n) is 2.33. The average Bonchev–Trinajstić information content (AvgIpc) is 2.84. The van der Waals surface area contributed by atoms with Crippen LogP contribution in [0.15, 0.2) is 24.5 Å². The van der Waals surface area contributed by atoms with Gasteiger partial charge >= 0.3 is 0 Å². The molecule has 4 nitrogen and oxygen atoms in total. The van der Waals surface area contributed by atoms with Gasteiger partial charge in [0.25, 0.3) is 0 Å². The summed E-state index contributed by atoms with van der Waals surface area (Å²) >= 11 is 5.94. The van der Waals surface area contributed by atoms with Crippen molar-refractivity contribution in [3.63, 3.8) is 0 Å². The zero-order valence-corrected chi connectivity index (χ0v) is 11.5. The van der Waals surface area contributed by atoms with Crippen LogP contribution in [0.3, 0.4) is 0 Å². The SMILES string of the molecule is Cl.N[C@@H]1CCN(Cc2cn3cc(Cl)ccc3n2)C1. The van der Waals surface area contributed by atoms with Gasteiger partial charge in [-0.25, -0.2) is 4.98 Å². The summed E-state index contributed by atoms with van der Waals surface area (Å²) in [4.78, 5) is 6.91. The van der Waals surface area contributed by atoms with E-state index in [1.807, 2.05) is 28.9 Å². The number of rotatable bonds is 2. The number of imidazole rings is 1. The summed E-state index contributed by atoms with van der Waals surface area (Å²) in [7, 11) is 0. The third kappa shape index (κ3) is 2.78. The second-order valence-electron chi connectivity index (χ2n) is 4.63. The number of likely N-dealkylation sites (tertiary alicyclic amines) is 1. The maximum atomic E-state index is 5.94. The smallest absolute Gasteiger partial charge is 0.137 e. The molecule has 2 aromatic heterocycles. The van der Waals surface area contributed by atoms with Gasteiger partial charge in [0, 0.05) is 38.1 Å². The molecule has 1 fully saturated rings. The summed E-state index contributed by atoms with van der Waals surface area (Å²) in [6.45, 7) is 2.90. The molecule has 1 aliphatic heterocycles. The molecule has 98 valence electrons. The molecule has 0 unspecified atom stereocenters. The third-order valence-corrected chi connectivity index (χ3v) is 3.38. The van der Waals surface area contributed by atoms with Crippen LogP contribution in [0.1, 0.15) is 12.1 Å². The van der Waals surface area contributed by atoms with E-state index in [0.29, 0.717) is 6.04 Å². The van der Waals surface area contributed by atoms with Crippen molar-refractivity contribution in [2.24, 2.45) is 5.73 Å². The van der Waals surface area contributed by atoms with Crippen LogP contribution in [0, 0.1) is 0 Å². The van der Waals surface area contributed by atoms with Gasteiger partial charge in [-0.1, -0.05) is 11.6 Å². The molecular formula is C12H16Cl2N4. The van der Waals surface area contributed by atoms with Crippen molar-refractivity contribution in [2.45, 2.75) is 19.0 Å². The van der Waals surface area contributed by atoms with Crippen molar-refractivity contribution >= 4 is 29.7 Å². The maximum absolute atomic E-state index is 5.94. The topological polar surface area (TPSA) is 46.6 Å². The lowest BCUT2D eigenvalue weighted by Gasteiger charge is -2.12. The van der Waals surface area contributed by atoms with Crippen LogP contribution < -0.4 is 5.73 Å². The van der Waals surface area contributed by atoms with Gasteiger partial charge in [-0.05, 0) is 18.6 Å². The molecule has 1 saturated heterocycles. The molecule has 0 aromatic carbocycles. The summed E-state index contributed by atoms with van der Waals surface area (Å²) in [6.07, 6.45) is 4.99. The summed E-state index contributed by atoms with van der Waals surface area (Å²) in [6, 6.07) is 4.11. The molecule has 0 amide bonds. The molecule has 0 spiro atoms. The Kier molecular flexibility index (Phi) is 4.12. The van der Waals surface area contributed by atoms with E-state index >= 15 is 0 Å². The molecule has 6 heteroatoms. The molecule has 2 aromatic rings. The van der Waals surface area contributed by atoms with Gasteiger partial charge in [0.05, 0.1) is 10.7 Å². The van der Waals surface area contributed by atoms with Gasteiger partial charge in [-0.15, -0.1) is 12.4 Å². The lowest BCUT2D eigenvalue weighted by Crippen LogP contribution is -2.26. The first-order valence-electron chi connectivity index (χ1n) is 5.82. The number of aromatic nitrogens is 2. The fraction of sp³-hybridized carbons (Fsp3) is 0.417. The number of fused-ring (bicyclic) bond motifs is 1. The lowest BCUT2D eigenvalue weighted by atomic mass is 10.3. The second kappa shape index (κ2) is 5.45. The number of nitrogens with zero attached hydrogens (tertiary/aromatic N) is 3. The Hall–Kier alpha value is -0.810. The van der Waals surface area contributed by atoms with E-state index in [0.717, 1.165) is 42.4 Å². The van der Waals surface area contributed by atoms with Crippen molar-refractivity contribution in [3.8, 4) is 0 Å². The first-order valence-corrected chi connectivity index (χ1v) is 6.19. The maximum Gasteiger partial charge on any atom is 0.137 e. The van der Waals surface area contributed by atoms with Gasteiger partial charge in [0.15, 0.2) is 0 Å². The summed E-state index contributed by atoms with van der Waals surface area (Å²) in [5, 5.41) is 0.727. The number of pyridine rings is 1. The number of hydrogen-bond donors (Lipinski definition) is 1. The summed E-state index contributed by atoms with van der Waals surface area (Å²) in [5.74, 6) is 0. The van der Waals surface area contributed by atoms with E-state index < -0.39 is 0 Å². The molecule has 0 bridgehead atoms. The minimum atomic E-state index is 0. The van der Waals surface area contributed by atoms with E-state index in [2.05, 4.69) is 9.88 Å². The Morgan fingerprint density at radius 1 is 1.39 bits per heavy atom. The lowest BCUT2D eigenvalue weighted by molar-refractivity contribution is 0.323. The van der Waals surface area contributed by atoms with E-state index in [9.17, 15) is 0 Å². The zero-order valence-electron chi connectivity index (χ0n) is 9.92. The van der Waals surface area contributed by atoms with Gasteiger partial charge in [0.2, 0.25) is 0 Å². The quantitative estimate of drug-likeness (QED) is 0.918. The predicted octanol–water partition coefficient (Wildman–Crippen LogP) is 1.94. The first kappa shape index (κ1) is 13.6. The first-order chi connectivity index (χ1) is 8.20. The van der Waals surface area contributed by atoms with Crippen molar-refractivity contribution in [3.05, 3.63) is 35.2 Å². The van der Waals surface area contributed by atoms with Crippen LogP contribution in [0.25, 0.3) is 5.65 Å². The van der Waals surface area contributed by atoms with E-state index in [-0.39, 0.29) is 12.4 Å².